The number of halogens is 2. The lowest BCUT2D eigenvalue weighted by Gasteiger charge is -2.07. The summed E-state index contributed by atoms with van der Waals surface area (Å²) in [4.78, 5) is 0. The number of hydrogen-bond donors (Lipinski definition) is 2. The number of aliphatic hydroxyl groups is 2. The summed E-state index contributed by atoms with van der Waals surface area (Å²) in [6, 6.07) is 5.57. The zero-order chi connectivity index (χ0) is 8.43. The predicted octanol–water partition coefficient (Wildman–Crippen LogP) is 1.88. The Bertz CT molecular complexity index is 240. The van der Waals surface area contributed by atoms with E-state index in [1.165, 1.54) is 0 Å². The maximum atomic E-state index is 8.93. The highest BCUT2D eigenvalue weighted by Crippen LogP contribution is 2.23. The first-order chi connectivity index (χ1) is 5.13. The van der Waals surface area contributed by atoms with Crippen molar-refractivity contribution in [2.24, 2.45) is 0 Å². The van der Waals surface area contributed by atoms with Crippen molar-refractivity contribution in [1.29, 1.82) is 0 Å². The van der Waals surface area contributed by atoms with Gasteiger partial charge in [0.1, 0.15) is 0 Å². The summed E-state index contributed by atoms with van der Waals surface area (Å²) in [5, 5.41) is 17.9. The van der Waals surface area contributed by atoms with Crippen LogP contribution in [-0.2, 0) is 0 Å². The molecule has 4 heteroatoms. The Hall–Kier alpha value is 0.600. The summed E-state index contributed by atoms with van der Waals surface area (Å²) in [5.74, 6) is 0. The second kappa shape index (κ2) is 4.01. The Morgan fingerprint density at radius 3 is 1.82 bits per heavy atom. The van der Waals surface area contributed by atoms with E-state index >= 15 is 0 Å². The normalized spacial score (nSPS) is 10.6. The average Bonchev–Trinajstić information content (AvgIpc) is 1.85. The predicted molar refractivity (Wildman–Crippen MR) is 59.1 cm³/mol. The van der Waals surface area contributed by atoms with E-state index in [2.05, 4.69) is 45.2 Å². The van der Waals surface area contributed by atoms with Gasteiger partial charge < -0.3 is 10.2 Å². The van der Waals surface area contributed by atoms with Gasteiger partial charge in [-0.3, -0.25) is 0 Å². The number of aliphatic hydroxyl groups excluding tert-OH is 1. The maximum Gasteiger partial charge on any atom is 0.180 e. The lowest BCUT2D eigenvalue weighted by atomic mass is 10.2. The van der Waals surface area contributed by atoms with E-state index in [1.54, 1.807) is 0 Å². The van der Waals surface area contributed by atoms with Crippen molar-refractivity contribution >= 4 is 45.2 Å². The fourth-order valence-corrected chi connectivity index (χ4v) is 2.83. The van der Waals surface area contributed by atoms with E-state index in [-0.39, 0.29) is 0 Å². The van der Waals surface area contributed by atoms with Crippen LogP contribution in [0.5, 0.6) is 0 Å². The van der Waals surface area contributed by atoms with Crippen LogP contribution >= 0.6 is 45.2 Å². The van der Waals surface area contributed by atoms with Crippen molar-refractivity contribution in [3.05, 3.63) is 30.9 Å². The molecule has 11 heavy (non-hydrogen) atoms. The molecule has 0 radical (unpaired) electrons. The Morgan fingerprint density at radius 1 is 1.09 bits per heavy atom. The average molecular weight is 376 g/mol. The molecule has 0 unspecified atom stereocenters. The van der Waals surface area contributed by atoms with Crippen LogP contribution in [0.3, 0.4) is 0 Å². The molecule has 0 aliphatic carbocycles. The van der Waals surface area contributed by atoms with E-state index in [1.807, 2.05) is 18.2 Å². The fraction of sp³-hybridized carbons (Fsp3) is 0.143. The van der Waals surface area contributed by atoms with Gasteiger partial charge in [-0.1, -0.05) is 6.07 Å². The molecule has 2 N–H and O–H groups in total. The first kappa shape index (κ1) is 9.69. The van der Waals surface area contributed by atoms with Crippen molar-refractivity contribution in [2.75, 3.05) is 0 Å². The quantitative estimate of drug-likeness (QED) is 0.581. The molecule has 0 heterocycles. The van der Waals surface area contributed by atoms with Crippen molar-refractivity contribution in [3.63, 3.8) is 0 Å². The Morgan fingerprint density at radius 2 is 1.55 bits per heavy atom. The van der Waals surface area contributed by atoms with Crippen molar-refractivity contribution in [2.45, 2.75) is 6.29 Å². The van der Waals surface area contributed by atoms with E-state index in [0.717, 1.165) is 7.14 Å². The highest BCUT2D eigenvalue weighted by Gasteiger charge is 2.10. The Labute approximate surface area is 91.9 Å². The number of benzene rings is 1. The van der Waals surface area contributed by atoms with Gasteiger partial charge in [0.05, 0.1) is 0 Å². The van der Waals surface area contributed by atoms with Crippen LogP contribution in [-0.4, -0.2) is 10.2 Å². The summed E-state index contributed by atoms with van der Waals surface area (Å²) in [5.41, 5.74) is 0.591. The topological polar surface area (TPSA) is 40.5 Å². The highest BCUT2D eigenvalue weighted by atomic mass is 127. The molecular formula is C7H6I2O2. The minimum atomic E-state index is -1.37. The summed E-state index contributed by atoms with van der Waals surface area (Å²) in [6.45, 7) is 0. The van der Waals surface area contributed by atoms with Crippen molar-refractivity contribution < 1.29 is 10.2 Å². The number of rotatable bonds is 1. The van der Waals surface area contributed by atoms with Gasteiger partial charge in [-0.2, -0.15) is 0 Å². The van der Waals surface area contributed by atoms with E-state index in [0.29, 0.717) is 5.56 Å². The van der Waals surface area contributed by atoms with Gasteiger partial charge in [0.15, 0.2) is 6.29 Å². The van der Waals surface area contributed by atoms with Crippen LogP contribution in [0, 0.1) is 7.14 Å². The first-order valence-electron chi connectivity index (χ1n) is 2.93. The minimum Gasteiger partial charge on any atom is -0.364 e. The van der Waals surface area contributed by atoms with Crippen LogP contribution in [0.1, 0.15) is 11.9 Å². The van der Waals surface area contributed by atoms with Crippen LogP contribution in [0.25, 0.3) is 0 Å². The molecule has 0 saturated carbocycles. The molecule has 0 aromatic heterocycles. The first-order valence-corrected chi connectivity index (χ1v) is 5.08. The van der Waals surface area contributed by atoms with Gasteiger partial charge in [-0.05, 0) is 57.3 Å². The molecule has 0 aliphatic rings. The number of hydrogen-bond acceptors (Lipinski definition) is 2. The third-order valence-corrected chi connectivity index (χ3v) is 3.14. The Balaban J connectivity index is 3.21. The standard InChI is InChI=1S/C7H6I2O2/c8-4-2-1-3-5(9)6(4)7(10)11/h1-3,7,10-11H. The third kappa shape index (κ3) is 2.27. The lowest BCUT2D eigenvalue weighted by molar-refractivity contribution is -0.0437. The molecule has 0 bridgehead atoms. The summed E-state index contributed by atoms with van der Waals surface area (Å²) >= 11 is 4.15. The molecule has 0 fully saturated rings. The van der Waals surface area contributed by atoms with Crippen LogP contribution in [0.15, 0.2) is 18.2 Å². The minimum absolute atomic E-state index is 0.591. The highest BCUT2D eigenvalue weighted by molar-refractivity contribution is 14.1. The van der Waals surface area contributed by atoms with E-state index in [9.17, 15) is 0 Å². The molecule has 1 aromatic rings. The van der Waals surface area contributed by atoms with E-state index < -0.39 is 6.29 Å². The smallest absolute Gasteiger partial charge is 0.180 e. The molecule has 60 valence electrons. The third-order valence-electron chi connectivity index (χ3n) is 1.26. The van der Waals surface area contributed by atoms with Gasteiger partial charge >= 0.3 is 0 Å². The molecule has 1 rings (SSSR count). The lowest BCUT2D eigenvalue weighted by Crippen LogP contribution is -2.00. The fourth-order valence-electron chi connectivity index (χ4n) is 0.757. The van der Waals surface area contributed by atoms with Crippen LogP contribution < -0.4 is 0 Å². The zero-order valence-electron chi connectivity index (χ0n) is 5.46. The molecule has 0 atom stereocenters. The van der Waals surface area contributed by atoms with Crippen molar-refractivity contribution in [3.8, 4) is 0 Å². The van der Waals surface area contributed by atoms with Gasteiger partial charge in [0.2, 0.25) is 0 Å². The summed E-state index contributed by atoms with van der Waals surface area (Å²) in [7, 11) is 0. The monoisotopic (exact) mass is 376 g/mol. The van der Waals surface area contributed by atoms with Gasteiger partial charge in [-0.25, -0.2) is 0 Å². The molecule has 0 aliphatic heterocycles. The molecule has 1 aromatic carbocycles. The maximum absolute atomic E-state index is 8.93. The molecule has 0 spiro atoms. The zero-order valence-corrected chi connectivity index (χ0v) is 9.77. The summed E-state index contributed by atoms with van der Waals surface area (Å²) in [6.07, 6.45) is -1.37. The largest absolute Gasteiger partial charge is 0.364 e. The van der Waals surface area contributed by atoms with Gasteiger partial charge in [-0.15, -0.1) is 0 Å². The second-order valence-corrected chi connectivity index (χ2v) is 4.33. The van der Waals surface area contributed by atoms with Gasteiger partial charge in [0.25, 0.3) is 0 Å². The molecule has 2 nitrogen and oxygen atoms in total. The van der Waals surface area contributed by atoms with Crippen LogP contribution in [0.4, 0.5) is 0 Å². The molecule has 0 saturated heterocycles. The molecular weight excluding hydrogens is 370 g/mol. The van der Waals surface area contributed by atoms with E-state index in [4.69, 9.17) is 10.2 Å². The summed E-state index contributed by atoms with van der Waals surface area (Å²) < 4.78 is 1.76. The SMILES string of the molecule is OC(O)c1c(I)cccc1I. The Kier molecular flexibility index (Phi) is 3.53. The molecule has 0 amide bonds. The van der Waals surface area contributed by atoms with Crippen molar-refractivity contribution in [1.82, 2.24) is 0 Å². The van der Waals surface area contributed by atoms with Gasteiger partial charge in [0, 0.05) is 12.7 Å². The second-order valence-electron chi connectivity index (χ2n) is 2.01. The van der Waals surface area contributed by atoms with Crippen LogP contribution in [0.2, 0.25) is 0 Å².